The first kappa shape index (κ1) is 16.5. The summed E-state index contributed by atoms with van der Waals surface area (Å²) in [5, 5.41) is 2.96. The quantitative estimate of drug-likeness (QED) is 0.790. The summed E-state index contributed by atoms with van der Waals surface area (Å²) in [6.45, 7) is 12.2. The lowest BCUT2D eigenvalue weighted by molar-refractivity contribution is 0.291. The monoisotopic (exact) mass is 281 g/mol. The van der Waals surface area contributed by atoms with Gasteiger partial charge in [-0.3, -0.25) is 0 Å². The van der Waals surface area contributed by atoms with E-state index in [-0.39, 0.29) is 0 Å². The molecule has 6 nitrogen and oxygen atoms in total. The topological polar surface area (TPSA) is 63.2 Å². The van der Waals surface area contributed by atoms with Gasteiger partial charge in [0.15, 0.2) is 0 Å². The molecule has 1 N–H and O–H groups in total. The van der Waals surface area contributed by atoms with Gasteiger partial charge < -0.3 is 15.0 Å². The highest BCUT2D eigenvalue weighted by atomic mass is 16.5. The number of hydrogen-bond donors (Lipinski definition) is 1. The Morgan fingerprint density at radius 3 is 2.35 bits per heavy atom. The second-order valence-corrected chi connectivity index (χ2v) is 5.48. The van der Waals surface area contributed by atoms with Gasteiger partial charge in [-0.25, -0.2) is 0 Å². The second kappa shape index (κ2) is 7.87. The Morgan fingerprint density at radius 1 is 1.15 bits per heavy atom. The molecule has 1 aromatic rings. The van der Waals surface area contributed by atoms with Gasteiger partial charge in [-0.1, -0.05) is 20.8 Å². The molecule has 0 bridgehead atoms. The van der Waals surface area contributed by atoms with Crippen LogP contribution in [-0.2, 0) is 0 Å². The zero-order valence-electron chi connectivity index (χ0n) is 13.5. The maximum Gasteiger partial charge on any atom is 0.323 e. The number of rotatable bonds is 8. The van der Waals surface area contributed by atoms with Crippen molar-refractivity contribution in [2.24, 2.45) is 5.92 Å². The van der Waals surface area contributed by atoms with Crippen LogP contribution in [0, 0.1) is 5.92 Å². The standard InChI is InChI=1S/C14H27N5O/c1-7-8-20-14-17-12(15-6)16-13(18-14)19(11(4)5)9-10(2)3/h10-11H,7-9H2,1-6H3,(H,15,16,17,18). The van der Waals surface area contributed by atoms with E-state index in [1.54, 1.807) is 7.05 Å². The first-order valence-electron chi connectivity index (χ1n) is 7.31. The molecular weight excluding hydrogens is 254 g/mol. The highest BCUT2D eigenvalue weighted by molar-refractivity contribution is 5.38. The van der Waals surface area contributed by atoms with E-state index in [0.29, 0.717) is 36.5 Å². The van der Waals surface area contributed by atoms with Gasteiger partial charge in [0, 0.05) is 19.6 Å². The van der Waals surface area contributed by atoms with Crippen molar-refractivity contribution in [1.82, 2.24) is 15.0 Å². The Hall–Kier alpha value is -1.59. The summed E-state index contributed by atoms with van der Waals surface area (Å²) in [6, 6.07) is 0.708. The van der Waals surface area contributed by atoms with Gasteiger partial charge in [0.2, 0.25) is 11.9 Å². The fourth-order valence-electron chi connectivity index (χ4n) is 1.76. The molecule has 0 fully saturated rings. The number of nitrogens with zero attached hydrogens (tertiary/aromatic N) is 4. The van der Waals surface area contributed by atoms with Crippen LogP contribution in [0.4, 0.5) is 11.9 Å². The highest BCUT2D eigenvalue weighted by Gasteiger charge is 2.17. The van der Waals surface area contributed by atoms with E-state index in [2.05, 4.69) is 59.8 Å². The van der Waals surface area contributed by atoms with Crippen LogP contribution in [0.15, 0.2) is 0 Å². The predicted octanol–water partition coefficient (Wildman–Crippen LogP) is 2.57. The average molecular weight is 281 g/mol. The maximum absolute atomic E-state index is 5.54. The summed E-state index contributed by atoms with van der Waals surface area (Å²) in [5.74, 6) is 1.74. The molecule has 0 aromatic carbocycles. The van der Waals surface area contributed by atoms with Crippen LogP contribution >= 0.6 is 0 Å². The third-order valence-corrected chi connectivity index (χ3v) is 2.70. The van der Waals surface area contributed by atoms with Crippen molar-refractivity contribution in [3.05, 3.63) is 0 Å². The highest BCUT2D eigenvalue weighted by Crippen LogP contribution is 2.18. The molecule has 0 amide bonds. The Morgan fingerprint density at radius 2 is 1.85 bits per heavy atom. The molecule has 20 heavy (non-hydrogen) atoms. The molecule has 0 aliphatic rings. The van der Waals surface area contributed by atoms with Crippen LogP contribution in [-0.4, -0.2) is 41.2 Å². The summed E-state index contributed by atoms with van der Waals surface area (Å²) in [5.41, 5.74) is 0. The Bertz CT molecular complexity index is 409. The van der Waals surface area contributed by atoms with E-state index < -0.39 is 0 Å². The van der Waals surface area contributed by atoms with E-state index in [4.69, 9.17) is 4.74 Å². The minimum atomic E-state index is 0.323. The second-order valence-electron chi connectivity index (χ2n) is 5.48. The molecular formula is C14H27N5O. The van der Waals surface area contributed by atoms with Crippen LogP contribution in [0.2, 0.25) is 0 Å². The number of nitrogens with one attached hydrogen (secondary N) is 1. The van der Waals surface area contributed by atoms with Gasteiger partial charge >= 0.3 is 6.01 Å². The SMILES string of the molecule is CCCOc1nc(NC)nc(N(CC(C)C)C(C)C)n1. The molecule has 1 rings (SSSR count). The van der Waals surface area contributed by atoms with Crippen molar-refractivity contribution < 1.29 is 4.74 Å². The van der Waals surface area contributed by atoms with E-state index >= 15 is 0 Å². The van der Waals surface area contributed by atoms with Crippen molar-refractivity contribution in [2.75, 3.05) is 30.4 Å². The number of hydrogen-bond acceptors (Lipinski definition) is 6. The number of anilines is 2. The molecule has 0 atom stereocenters. The molecule has 0 aliphatic carbocycles. The molecule has 1 aromatic heterocycles. The van der Waals surface area contributed by atoms with Gasteiger partial charge in [0.05, 0.1) is 6.61 Å². The summed E-state index contributed by atoms with van der Waals surface area (Å²) >= 11 is 0. The predicted molar refractivity (Wildman–Crippen MR) is 82.5 cm³/mol. The lowest BCUT2D eigenvalue weighted by Crippen LogP contribution is -2.35. The minimum Gasteiger partial charge on any atom is -0.463 e. The van der Waals surface area contributed by atoms with Crippen LogP contribution in [0.25, 0.3) is 0 Å². The Balaban J connectivity index is 3.05. The van der Waals surface area contributed by atoms with E-state index in [1.807, 2.05) is 0 Å². The number of aromatic nitrogens is 3. The molecule has 0 saturated carbocycles. The summed E-state index contributed by atoms with van der Waals surface area (Å²) < 4.78 is 5.54. The molecule has 0 radical (unpaired) electrons. The third kappa shape index (κ3) is 4.83. The zero-order valence-corrected chi connectivity index (χ0v) is 13.5. The molecule has 0 unspecified atom stereocenters. The molecule has 0 aliphatic heterocycles. The van der Waals surface area contributed by atoms with Gasteiger partial charge in [-0.05, 0) is 26.2 Å². The van der Waals surface area contributed by atoms with Gasteiger partial charge in [-0.15, -0.1) is 0 Å². The molecule has 1 heterocycles. The zero-order chi connectivity index (χ0) is 15.1. The fourth-order valence-corrected chi connectivity index (χ4v) is 1.76. The van der Waals surface area contributed by atoms with Crippen molar-refractivity contribution in [3.63, 3.8) is 0 Å². The normalized spacial score (nSPS) is 11.0. The maximum atomic E-state index is 5.54. The van der Waals surface area contributed by atoms with E-state index in [0.717, 1.165) is 13.0 Å². The fraction of sp³-hybridized carbons (Fsp3) is 0.786. The first-order chi connectivity index (χ1) is 9.47. The summed E-state index contributed by atoms with van der Waals surface area (Å²) in [4.78, 5) is 15.3. The van der Waals surface area contributed by atoms with Gasteiger partial charge in [0.25, 0.3) is 0 Å². The Labute approximate surface area is 122 Å². The number of ether oxygens (including phenoxy) is 1. The van der Waals surface area contributed by atoms with Crippen molar-refractivity contribution in [1.29, 1.82) is 0 Å². The van der Waals surface area contributed by atoms with Gasteiger partial charge in [0.1, 0.15) is 0 Å². The van der Waals surface area contributed by atoms with Crippen molar-refractivity contribution >= 4 is 11.9 Å². The molecule has 6 heteroatoms. The first-order valence-corrected chi connectivity index (χ1v) is 7.31. The van der Waals surface area contributed by atoms with Crippen molar-refractivity contribution in [2.45, 2.75) is 47.1 Å². The van der Waals surface area contributed by atoms with E-state index in [1.165, 1.54) is 0 Å². The smallest absolute Gasteiger partial charge is 0.323 e. The van der Waals surface area contributed by atoms with Crippen molar-refractivity contribution in [3.8, 4) is 6.01 Å². The largest absolute Gasteiger partial charge is 0.463 e. The van der Waals surface area contributed by atoms with Crippen LogP contribution in [0.1, 0.15) is 41.0 Å². The lowest BCUT2D eigenvalue weighted by atomic mass is 10.2. The Kier molecular flexibility index (Phi) is 6.48. The minimum absolute atomic E-state index is 0.323. The third-order valence-electron chi connectivity index (χ3n) is 2.70. The molecule has 0 saturated heterocycles. The molecule has 0 spiro atoms. The lowest BCUT2D eigenvalue weighted by Gasteiger charge is -2.28. The average Bonchev–Trinajstić information content (AvgIpc) is 2.41. The summed E-state index contributed by atoms with van der Waals surface area (Å²) in [6.07, 6.45) is 0.926. The van der Waals surface area contributed by atoms with Crippen LogP contribution < -0.4 is 15.0 Å². The van der Waals surface area contributed by atoms with E-state index in [9.17, 15) is 0 Å². The van der Waals surface area contributed by atoms with Crippen LogP contribution in [0.5, 0.6) is 6.01 Å². The summed E-state index contributed by atoms with van der Waals surface area (Å²) in [7, 11) is 1.80. The molecule has 114 valence electrons. The van der Waals surface area contributed by atoms with Gasteiger partial charge in [-0.2, -0.15) is 15.0 Å². The van der Waals surface area contributed by atoms with Crippen LogP contribution in [0.3, 0.4) is 0 Å².